The minimum atomic E-state index is -0.871. The summed E-state index contributed by atoms with van der Waals surface area (Å²) >= 11 is 1.20. The number of benzene rings is 1. The minimum absolute atomic E-state index is 0.0334. The normalized spacial score (nSPS) is 20.9. The van der Waals surface area contributed by atoms with E-state index < -0.39 is 5.97 Å². The first-order valence-electron chi connectivity index (χ1n) is 7.04. The molecule has 1 aromatic heterocycles. The van der Waals surface area contributed by atoms with E-state index in [1.54, 1.807) is 6.92 Å². The van der Waals surface area contributed by atoms with Gasteiger partial charge in [-0.3, -0.25) is 4.79 Å². The molecule has 1 aromatic carbocycles. The highest BCUT2D eigenvalue weighted by Gasteiger charge is 2.39. The fourth-order valence-corrected chi connectivity index (χ4v) is 3.52. The summed E-state index contributed by atoms with van der Waals surface area (Å²) in [6.45, 7) is 3.89. The van der Waals surface area contributed by atoms with Gasteiger partial charge in [-0.25, -0.2) is 9.37 Å². The van der Waals surface area contributed by atoms with E-state index in [9.17, 15) is 9.18 Å². The van der Waals surface area contributed by atoms with Gasteiger partial charge in [-0.15, -0.1) is 0 Å². The number of carbonyl (C=O) groups is 1. The van der Waals surface area contributed by atoms with Gasteiger partial charge in [-0.05, 0) is 30.9 Å². The number of halogens is 1. The lowest BCUT2D eigenvalue weighted by molar-refractivity contribution is -0.133. The summed E-state index contributed by atoms with van der Waals surface area (Å²) < 4.78 is 15.8. The molecule has 1 fully saturated rings. The molecular weight excluding hydrogens is 291 g/mol. The fraction of sp³-hybridized carbons (Fsp3) is 0.467. The van der Waals surface area contributed by atoms with Crippen LogP contribution in [0.15, 0.2) is 17.3 Å². The standard InChI is InChI=1S/C15H17FN2O2S/c1-3-9-5-12(9)18-13-4-8(2)10(16)6-11(13)17-15(18)21-7-14(19)20/h4,6,9,12H,3,5,7H2,1-2H3,(H,19,20). The number of aryl methyl sites for hydroxylation is 1. The van der Waals surface area contributed by atoms with Crippen LogP contribution in [0.1, 0.15) is 31.4 Å². The molecule has 1 N–H and O–H groups in total. The van der Waals surface area contributed by atoms with Crippen LogP contribution in [0, 0.1) is 18.7 Å². The first-order chi connectivity index (χ1) is 10.0. The number of carboxylic acid groups (broad SMARTS) is 1. The van der Waals surface area contributed by atoms with Crippen molar-refractivity contribution in [1.82, 2.24) is 9.55 Å². The van der Waals surface area contributed by atoms with Gasteiger partial charge in [0.1, 0.15) is 5.82 Å². The second-order valence-electron chi connectivity index (χ2n) is 5.51. The van der Waals surface area contributed by atoms with Crippen LogP contribution in [-0.4, -0.2) is 26.4 Å². The Bertz CT molecular complexity index is 713. The number of fused-ring (bicyclic) bond motifs is 1. The second-order valence-corrected chi connectivity index (χ2v) is 6.45. The summed E-state index contributed by atoms with van der Waals surface area (Å²) in [5, 5.41) is 9.54. The van der Waals surface area contributed by atoms with Crippen molar-refractivity contribution in [2.45, 2.75) is 37.9 Å². The van der Waals surface area contributed by atoms with Crippen LogP contribution < -0.4 is 0 Å². The van der Waals surface area contributed by atoms with E-state index in [0.29, 0.717) is 28.2 Å². The zero-order chi connectivity index (χ0) is 15.1. The topological polar surface area (TPSA) is 55.1 Å². The van der Waals surface area contributed by atoms with Crippen LogP contribution >= 0.6 is 11.8 Å². The van der Waals surface area contributed by atoms with Gasteiger partial charge in [0.05, 0.1) is 16.8 Å². The van der Waals surface area contributed by atoms with Crippen LogP contribution in [0.25, 0.3) is 11.0 Å². The van der Waals surface area contributed by atoms with Crippen LogP contribution in [0.4, 0.5) is 4.39 Å². The number of thioether (sulfide) groups is 1. The van der Waals surface area contributed by atoms with Gasteiger partial charge in [0.25, 0.3) is 0 Å². The Balaban J connectivity index is 2.07. The van der Waals surface area contributed by atoms with Crippen LogP contribution in [0.5, 0.6) is 0 Å². The number of carboxylic acids is 1. The van der Waals surface area contributed by atoms with Crippen molar-refractivity contribution in [1.29, 1.82) is 0 Å². The Labute approximate surface area is 126 Å². The zero-order valence-electron chi connectivity index (χ0n) is 12.0. The largest absolute Gasteiger partial charge is 0.481 e. The molecule has 1 aliphatic carbocycles. The summed E-state index contributed by atoms with van der Waals surface area (Å²) in [7, 11) is 0. The Morgan fingerprint density at radius 3 is 2.95 bits per heavy atom. The van der Waals surface area contributed by atoms with Gasteiger partial charge in [0.2, 0.25) is 0 Å². The summed E-state index contributed by atoms with van der Waals surface area (Å²) in [4.78, 5) is 15.2. The van der Waals surface area contributed by atoms with Crippen molar-refractivity contribution in [3.63, 3.8) is 0 Å². The predicted octanol–water partition coefficient (Wildman–Crippen LogP) is 3.63. The molecule has 0 bridgehead atoms. The van der Waals surface area contributed by atoms with Crippen molar-refractivity contribution in [2.24, 2.45) is 5.92 Å². The van der Waals surface area contributed by atoms with Crippen LogP contribution in [0.3, 0.4) is 0 Å². The maximum atomic E-state index is 13.7. The Morgan fingerprint density at radius 1 is 1.57 bits per heavy atom. The number of hydrogen-bond acceptors (Lipinski definition) is 3. The van der Waals surface area contributed by atoms with Gasteiger partial charge in [0, 0.05) is 12.1 Å². The molecule has 4 nitrogen and oxygen atoms in total. The lowest BCUT2D eigenvalue weighted by Gasteiger charge is -2.08. The van der Waals surface area contributed by atoms with Crippen molar-refractivity contribution in [2.75, 3.05) is 5.75 Å². The Hall–Kier alpha value is -1.56. The second kappa shape index (κ2) is 5.33. The average molecular weight is 308 g/mol. The van der Waals surface area contributed by atoms with Crippen molar-refractivity contribution in [3.05, 3.63) is 23.5 Å². The molecule has 2 aromatic rings. The molecule has 0 radical (unpaired) electrons. The molecule has 0 spiro atoms. The predicted molar refractivity (Wildman–Crippen MR) is 80.2 cm³/mol. The molecule has 6 heteroatoms. The van der Waals surface area contributed by atoms with Crippen molar-refractivity contribution < 1.29 is 14.3 Å². The molecule has 1 aliphatic rings. The highest BCUT2D eigenvalue weighted by Crippen LogP contribution is 2.49. The van der Waals surface area contributed by atoms with Gasteiger partial charge in [0.15, 0.2) is 5.16 Å². The summed E-state index contributed by atoms with van der Waals surface area (Å²) in [5.41, 5.74) is 2.10. The van der Waals surface area contributed by atoms with Crippen molar-refractivity contribution in [3.8, 4) is 0 Å². The molecule has 0 saturated heterocycles. The lowest BCUT2D eigenvalue weighted by atomic mass is 10.2. The maximum absolute atomic E-state index is 13.7. The smallest absolute Gasteiger partial charge is 0.313 e. The number of aromatic nitrogens is 2. The first-order valence-corrected chi connectivity index (χ1v) is 8.02. The Morgan fingerprint density at radius 2 is 2.33 bits per heavy atom. The van der Waals surface area contributed by atoms with Gasteiger partial charge < -0.3 is 9.67 Å². The first kappa shape index (κ1) is 14.4. The van der Waals surface area contributed by atoms with Gasteiger partial charge in [-0.1, -0.05) is 25.1 Å². The maximum Gasteiger partial charge on any atom is 0.313 e. The van der Waals surface area contributed by atoms with E-state index in [4.69, 9.17) is 5.11 Å². The van der Waals surface area contributed by atoms with E-state index >= 15 is 0 Å². The molecule has 2 unspecified atom stereocenters. The van der Waals surface area contributed by atoms with Crippen LogP contribution in [0.2, 0.25) is 0 Å². The SMILES string of the molecule is CCC1CC1n1c(SCC(=O)O)nc2cc(F)c(C)cc21. The fourth-order valence-electron chi connectivity index (χ4n) is 2.73. The average Bonchev–Trinajstić information content (AvgIpc) is 3.13. The number of imidazole rings is 1. The summed E-state index contributed by atoms with van der Waals surface area (Å²) in [6.07, 6.45) is 2.17. The molecule has 112 valence electrons. The molecule has 1 heterocycles. The van der Waals surface area contributed by atoms with E-state index in [2.05, 4.69) is 16.5 Å². The number of rotatable bonds is 5. The lowest BCUT2D eigenvalue weighted by Crippen LogP contribution is -2.03. The third kappa shape index (κ3) is 2.64. The minimum Gasteiger partial charge on any atom is -0.481 e. The van der Waals surface area contributed by atoms with E-state index in [-0.39, 0.29) is 11.6 Å². The summed E-state index contributed by atoms with van der Waals surface area (Å²) in [5.74, 6) is -0.570. The Kier molecular flexibility index (Phi) is 3.65. The third-order valence-corrected chi connectivity index (χ3v) is 4.94. The number of aliphatic carboxylic acids is 1. The van der Waals surface area contributed by atoms with E-state index in [1.807, 2.05) is 6.07 Å². The molecule has 3 rings (SSSR count). The number of hydrogen-bond donors (Lipinski definition) is 1. The highest BCUT2D eigenvalue weighted by molar-refractivity contribution is 7.99. The molecule has 2 atom stereocenters. The van der Waals surface area contributed by atoms with Crippen molar-refractivity contribution >= 4 is 28.8 Å². The third-order valence-electron chi connectivity index (χ3n) is 4.00. The van der Waals surface area contributed by atoms with Crippen LogP contribution in [-0.2, 0) is 4.79 Å². The molecule has 1 saturated carbocycles. The van der Waals surface area contributed by atoms with E-state index in [1.165, 1.54) is 17.8 Å². The monoisotopic (exact) mass is 308 g/mol. The molecule has 0 aliphatic heterocycles. The quantitative estimate of drug-likeness (QED) is 0.857. The molecule has 21 heavy (non-hydrogen) atoms. The van der Waals surface area contributed by atoms with Gasteiger partial charge >= 0.3 is 5.97 Å². The highest BCUT2D eigenvalue weighted by atomic mass is 32.2. The van der Waals surface area contributed by atoms with E-state index in [0.717, 1.165) is 18.4 Å². The zero-order valence-corrected chi connectivity index (χ0v) is 12.8. The number of nitrogens with zero attached hydrogens (tertiary/aromatic N) is 2. The summed E-state index contributed by atoms with van der Waals surface area (Å²) in [6, 6.07) is 3.62. The van der Waals surface area contributed by atoms with Gasteiger partial charge in [-0.2, -0.15) is 0 Å². The molecular formula is C15H17FN2O2S. The molecule has 0 amide bonds.